The highest BCUT2D eigenvalue weighted by Crippen LogP contribution is 2.41. The van der Waals surface area contributed by atoms with Gasteiger partial charge in [0.2, 0.25) is 0 Å². The lowest BCUT2D eigenvalue weighted by atomic mass is 9.79. The largest absolute Gasteiger partial charge is 0.392 e. The van der Waals surface area contributed by atoms with Crippen molar-refractivity contribution < 1.29 is 5.11 Å². The molecule has 1 N–H and O–H groups in total. The van der Waals surface area contributed by atoms with Crippen molar-refractivity contribution in [3.63, 3.8) is 0 Å². The molecule has 0 spiro atoms. The average molecular weight is 264 g/mol. The highest BCUT2D eigenvalue weighted by Gasteiger charge is 2.36. The smallest absolute Gasteiger partial charge is 0.0656 e. The predicted molar refractivity (Wildman–Crippen MR) is 84.2 cm³/mol. The van der Waals surface area contributed by atoms with Crippen molar-refractivity contribution in [2.75, 3.05) is 0 Å². The first-order chi connectivity index (χ1) is 8.88. The minimum absolute atomic E-state index is 0.0514. The van der Waals surface area contributed by atoms with Crippen molar-refractivity contribution in [1.29, 1.82) is 0 Å². The normalized spacial score (nSPS) is 24.2. The summed E-state index contributed by atoms with van der Waals surface area (Å²) in [5.41, 5.74) is 2.55. The molecule has 0 aromatic carbocycles. The van der Waals surface area contributed by atoms with E-state index >= 15 is 0 Å². The summed E-state index contributed by atoms with van der Waals surface area (Å²) < 4.78 is 0. The van der Waals surface area contributed by atoms with E-state index in [2.05, 4.69) is 40.3 Å². The molecule has 0 aromatic heterocycles. The molecule has 110 valence electrons. The summed E-state index contributed by atoms with van der Waals surface area (Å²) in [6.45, 7) is 12.8. The molecule has 1 saturated carbocycles. The van der Waals surface area contributed by atoms with Gasteiger partial charge in [0.25, 0.3) is 0 Å². The molecular formula is C18H32O. The highest BCUT2D eigenvalue weighted by atomic mass is 16.3. The Kier molecular flexibility index (Phi) is 6.32. The summed E-state index contributed by atoms with van der Waals surface area (Å²) in [5, 5.41) is 10.4. The number of rotatable bonds is 6. The van der Waals surface area contributed by atoms with Gasteiger partial charge in [0.15, 0.2) is 0 Å². The fourth-order valence-electron chi connectivity index (χ4n) is 2.92. The first-order valence-corrected chi connectivity index (χ1v) is 7.94. The molecule has 1 fully saturated rings. The van der Waals surface area contributed by atoms with Gasteiger partial charge >= 0.3 is 0 Å². The molecule has 1 heteroatoms. The molecule has 0 amide bonds. The molecule has 19 heavy (non-hydrogen) atoms. The molecule has 1 rings (SSSR count). The molecule has 0 saturated heterocycles. The van der Waals surface area contributed by atoms with Gasteiger partial charge in [-0.2, -0.15) is 0 Å². The highest BCUT2D eigenvalue weighted by molar-refractivity contribution is 5.36. The van der Waals surface area contributed by atoms with Crippen LogP contribution < -0.4 is 0 Å². The van der Waals surface area contributed by atoms with Gasteiger partial charge in [-0.3, -0.25) is 0 Å². The minimum Gasteiger partial charge on any atom is -0.392 e. The van der Waals surface area contributed by atoms with Gasteiger partial charge in [0.05, 0.1) is 6.10 Å². The Bertz CT molecular complexity index is 319. The molecule has 0 aromatic rings. The van der Waals surface area contributed by atoms with Crippen molar-refractivity contribution in [3.8, 4) is 0 Å². The van der Waals surface area contributed by atoms with E-state index in [9.17, 15) is 5.11 Å². The van der Waals surface area contributed by atoms with Crippen LogP contribution in [0.4, 0.5) is 0 Å². The van der Waals surface area contributed by atoms with Gasteiger partial charge in [0.1, 0.15) is 0 Å². The Morgan fingerprint density at radius 2 is 2.00 bits per heavy atom. The van der Waals surface area contributed by atoms with E-state index in [0.29, 0.717) is 0 Å². The van der Waals surface area contributed by atoms with E-state index in [0.717, 1.165) is 12.8 Å². The van der Waals surface area contributed by atoms with Gasteiger partial charge in [0, 0.05) is 5.92 Å². The van der Waals surface area contributed by atoms with E-state index in [1.54, 1.807) is 0 Å². The molecule has 0 bridgehead atoms. The molecular weight excluding hydrogens is 232 g/mol. The number of aliphatic hydroxyl groups is 1. The third-order valence-corrected chi connectivity index (χ3v) is 4.30. The lowest BCUT2D eigenvalue weighted by Gasteiger charge is -2.31. The van der Waals surface area contributed by atoms with Crippen molar-refractivity contribution in [2.45, 2.75) is 78.7 Å². The van der Waals surface area contributed by atoms with E-state index in [-0.39, 0.29) is 17.4 Å². The fraction of sp³-hybridized carbons (Fsp3) is 0.778. The molecule has 0 aliphatic heterocycles. The molecule has 1 aliphatic carbocycles. The van der Waals surface area contributed by atoms with Crippen molar-refractivity contribution in [1.82, 2.24) is 0 Å². The SMILES string of the molecule is C=C1/C(=C/CCCCCC)CC[C@@H]1[C@@H](O)C(C)(C)C. The van der Waals surface area contributed by atoms with Crippen molar-refractivity contribution in [2.24, 2.45) is 11.3 Å². The second-order valence-corrected chi connectivity index (χ2v) is 7.06. The van der Waals surface area contributed by atoms with Crippen LogP contribution in [0.15, 0.2) is 23.8 Å². The molecule has 0 radical (unpaired) electrons. The monoisotopic (exact) mass is 264 g/mol. The van der Waals surface area contributed by atoms with Gasteiger partial charge in [-0.25, -0.2) is 0 Å². The van der Waals surface area contributed by atoms with E-state index in [4.69, 9.17) is 0 Å². The second-order valence-electron chi connectivity index (χ2n) is 7.06. The Balaban J connectivity index is 2.49. The van der Waals surface area contributed by atoms with Crippen LogP contribution in [0.1, 0.15) is 72.6 Å². The van der Waals surface area contributed by atoms with Gasteiger partial charge < -0.3 is 5.11 Å². The van der Waals surface area contributed by atoms with Crippen LogP contribution in [0, 0.1) is 11.3 Å². The zero-order valence-corrected chi connectivity index (χ0v) is 13.3. The molecule has 1 aliphatic rings. The topological polar surface area (TPSA) is 20.2 Å². The van der Waals surface area contributed by atoms with Gasteiger partial charge in [-0.05, 0) is 42.2 Å². The summed E-state index contributed by atoms with van der Waals surface area (Å²) >= 11 is 0. The van der Waals surface area contributed by atoms with Crippen LogP contribution in [-0.2, 0) is 0 Å². The average Bonchev–Trinajstić information content (AvgIpc) is 2.68. The van der Waals surface area contributed by atoms with E-state index in [1.165, 1.54) is 43.3 Å². The number of hydrogen-bond acceptors (Lipinski definition) is 1. The summed E-state index contributed by atoms with van der Waals surface area (Å²) in [5.74, 6) is 0.266. The van der Waals surface area contributed by atoms with Crippen molar-refractivity contribution >= 4 is 0 Å². The van der Waals surface area contributed by atoms with Crippen LogP contribution in [0.3, 0.4) is 0 Å². The Hall–Kier alpha value is -0.560. The first kappa shape index (κ1) is 16.5. The summed E-state index contributed by atoms with van der Waals surface area (Å²) in [6, 6.07) is 0. The second kappa shape index (κ2) is 7.28. The van der Waals surface area contributed by atoms with Crippen LogP contribution in [0.25, 0.3) is 0 Å². The maximum Gasteiger partial charge on any atom is 0.0656 e. The van der Waals surface area contributed by atoms with Gasteiger partial charge in [-0.15, -0.1) is 0 Å². The lowest BCUT2D eigenvalue weighted by molar-refractivity contribution is 0.0266. The number of unbranched alkanes of at least 4 members (excludes halogenated alkanes) is 4. The van der Waals surface area contributed by atoms with Crippen LogP contribution in [0.2, 0.25) is 0 Å². The summed E-state index contributed by atoms with van der Waals surface area (Å²) in [7, 11) is 0. The number of hydrogen-bond donors (Lipinski definition) is 1. The molecule has 0 heterocycles. The molecule has 2 atom stereocenters. The third kappa shape index (κ3) is 4.80. The van der Waals surface area contributed by atoms with Gasteiger partial charge in [-0.1, -0.05) is 59.6 Å². The maximum atomic E-state index is 10.4. The summed E-state index contributed by atoms with van der Waals surface area (Å²) in [4.78, 5) is 0. The van der Waals surface area contributed by atoms with Crippen LogP contribution in [0.5, 0.6) is 0 Å². The predicted octanol–water partition coefficient (Wildman–Crippen LogP) is 5.26. The van der Waals surface area contributed by atoms with Crippen molar-refractivity contribution in [3.05, 3.63) is 23.8 Å². The maximum absolute atomic E-state index is 10.4. The standard InChI is InChI=1S/C18H32O/c1-6-7-8-9-10-11-15-12-13-16(14(15)2)17(19)18(3,4)5/h11,16-17,19H,2,6-10,12-13H2,1,3-5H3/b15-11+/t16-,17+/m0/s1. The van der Waals surface area contributed by atoms with E-state index in [1.807, 2.05) is 0 Å². The molecule has 0 unspecified atom stereocenters. The summed E-state index contributed by atoms with van der Waals surface area (Å²) in [6.07, 6.45) is 10.7. The number of aliphatic hydroxyl groups excluding tert-OH is 1. The first-order valence-electron chi connectivity index (χ1n) is 7.94. The minimum atomic E-state index is -0.272. The Morgan fingerprint density at radius 1 is 1.32 bits per heavy atom. The van der Waals surface area contributed by atoms with Crippen LogP contribution >= 0.6 is 0 Å². The lowest BCUT2D eigenvalue weighted by Crippen LogP contribution is -2.33. The zero-order chi connectivity index (χ0) is 14.5. The molecule has 1 nitrogen and oxygen atoms in total. The zero-order valence-electron chi connectivity index (χ0n) is 13.3. The fourth-order valence-corrected chi connectivity index (χ4v) is 2.92. The van der Waals surface area contributed by atoms with E-state index < -0.39 is 0 Å². The van der Waals surface area contributed by atoms with Crippen LogP contribution in [-0.4, -0.2) is 11.2 Å². The quantitative estimate of drug-likeness (QED) is 0.649. The number of allylic oxidation sites excluding steroid dienone is 2. The Morgan fingerprint density at radius 3 is 2.58 bits per heavy atom. The third-order valence-electron chi connectivity index (χ3n) is 4.30. The Labute approximate surface area is 119 Å².